The summed E-state index contributed by atoms with van der Waals surface area (Å²) < 4.78 is 5.51. The van der Waals surface area contributed by atoms with Gasteiger partial charge in [-0.3, -0.25) is 4.90 Å². The average Bonchev–Trinajstić information content (AvgIpc) is 3.15. The van der Waals surface area contributed by atoms with E-state index in [0.717, 1.165) is 31.2 Å². The molecule has 1 aliphatic carbocycles. The van der Waals surface area contributed by atoms with Gasteiger partial charge in [0.1, 0.15) is 6.61 Å². The Kier molecular flexibility index (Phi) is 5.52. The lowest BCUT2D eigenvalue weighted by Gasteiger charge is -2.28. The lowest BCUT2D eigenvalue weighted by Crippen LogP contribution is -2.40. The summed E-state index contributed by atoms with van der Waals surface area (Å²) in [6, 6.07) is 9.53. The number of rotatable bonds is 4. The van der Waals surface area contributed by atoms with Gasteiger partial charge in [-0.05, 0) is 30.0 Å². The molecule has 1 aromatic carbocycles. The number of amides is 1. The van der Waals surface area contributed by atoms with Crippen LogP contribution in [0, 0.1) is 12.3 Å². The fraction of sp³-hybridized carbons (Fsp3) is 0.316. The van der Waals surface area contributed by atoms with E-state index in [1.54, 1.807) is 4.90 Å². The molecule has 0 saturated heterocycles. The molecule has 0 N–H and O–H groups in total. The van der Waals surface area contributed by atoms with Gasteiger partial charge in [-0.2, -0.15) is 4.98 Å². The molecule has 6 heteroatoms. The molecule has 0 atom stereocenters. The molecular weight excluding hydrogens is 338 g/mol. The van der Waals surface area contributed by atoms with E-state index < -0.39 is 6.09 Å². The first-order chi connectivity index (χ1) is 12.2. The van der Waals surface area contributed by atoms with Crippen LogP contribution in [0.3, 0.4) is 0 Å². The van der Waals surface area contributed by atoms with Crippen molar-refractivity contribution < 1.29 is 9.53 Å². The number of hydrogen-bond donors (Lipinski definition) is 0. The molecule has 0 unspecified atom stereocenters. The van der Waals surface area contributed by atoms with Crippen LogP contribution in [0.5, 0.6) is 0 Å². The van der Waals surface area contributed by atoms with Gasteiger partial charge in [-0.15, -0.1) is 6.42 Å². The third kappa shape index (κ3) is 4.09. The minimum Gasteiger partial charge on any atom is -0.444 e. The third-order valence-electron chi connectivity index (χ3n) is 4.21. The maximum absolute atomic E-state index is 12.8. The Morgan fingerprint density at radius 2 is 2.04 bits per heavy atom. The molecule has 0 bridgehead atoms. The quantitative estimate of drug-likeness (QED) is 0.609. The number of carbonyl (C=O) groups is 1. The first-order valence-corrected chi connectivity index (χ1v) is 8.56. The molecule has 2 aromatic rings. The zero-order valence-corrected chi connectivity index (χ0v) is 14.4. The molecule has 1 fully saturated rings. The molecule has 1 amide bonds. The first kappa shape index (κ1) is 17.2. The Balaban J connectivity index is 1.86. The molecule has 1 aromatic heterocycles. The van der Waals surface area contributed by atoms with Gasteiger partial charge in [0, 0.05) is 12.2 Å². The van der Waals surface area contributed by atoms with Gasteiger partial charge in [0.05, 0.1) is 5.56 Å². The summed E-state index contributed by atoms with van der Waals surface area (Å²) in [7, 11) is 0. The summed E-state index contributed by atoms with van der Waals surface area (Å²) in [5.41, 5.74) is 1.34. The number of aromatic nitrogens is 2. The number of hydrogen-bond acceptors (Lipinski definition) is 4. The molecular formula is C19H18ClN3O2. The van der Waals surface area contributed by atoms with Gasteiger partial charge < -0.3 is 4.74 Å². The fourth-order valence-corrected chi connectivity index (χ4v) is 3.13. The summed E-state index contributed by atoms with van der Waals surface area (Å²) in [6.07, 6.45) is 10.4. The Bertz CT molecular complexity index is 783. The zero-order chi connectivity index (χ0) is 17.6. The number of benzene rings is 1. The summed E-state index contributed by atoms with van der Waals surface area (Å²) in [4.78, 5) is 22.5. The summed E-state index contributed by atoms with van der Waals surface area (Å²) in [6.45, 7) is 0.188. The van der Waals surface area contributed by atoms with Crippen molar-refractivity contribution in [3.63, 3.8) is 0 Å². The highest BCUT2D eigenvalue weighted by molar-refractivity contribution is 6.28. The first-order valence-electron chi connectivity index (χ1n) is 8.18. The van der Waals surface area contributed by atoms with Gasteiger partial charge in [0.15, 0.2) is 5.82 Å². The van der Waals surface area contributed by atoms with Crippen molar-refractivity contribution in [2.75, 3.05) is 4.90 Å². The number of carbonyl (C=O) groups excluding carboxylic acids is 1. The molecule has 1 heterocycles. The second-order valence-electron chi connectivity index (χ2n) is 5.87. The van der Waals surface area contributed by atoms with Gasteiger partial charge in [0.2, 0.25) is 5.28 Å². The Morgan fingerprint density at radius 3 is 2.72 bits per heavy atom. The lowest BCUT2D eigenvalue weighted by atomic mass is 10.2. The van der Waals surface area contributed by atoms with Gasteiger partial charge in [-0.1, -0.05) is 49.1 Å². The second-order valence-corrected chi connectivity index (χ2v) is 6.21. The number of halogens is 1. The van der Waals surface area contributed by atoms with Gasteiger partial charge in [0.25, 0.3) is 0 Å². The van der Waals surface area contributed by atoms with E-state index in [9.17, 15) is 4.79 Å². The van der Waals surface area contributed by atoms with Gasteiger partial charge in [-0.25, -0.2) is 9.78 Å². The van der Waals surface area contributed by atoms with E-state index in [1.807, 2.05) is 30.3 Å². The molecule has 0 spiro atoms. The molecule has 25 heavy (non-hydrogen) atoms. The van der Waals surface area contributed by atoms with Crippen molar-refractivity contribution in [1.29, 1.82) is 0 Å². The van der Waals surface area contributed by atoms with Crippen molar-refractivity contribution in [2.24, 2.45) is 0 Å². The smallest absolute Gasteiger partial charge is 0.416 e. The maximum Gasteiger partial charge on any atom is 0.416 e. The van der Waals surface area contributed by atoms with Crippen LogP contribution in [0.15, 0.2) is 36.5 Å². The Labute approximate surface area is 152 Å². The van der Waals surface area contributed by atoms with Crippen molar-refractivity contribution in [3.05, 3.63) is 52.9 Å². The summed E-state index contributed by atoms with van der Waals surface area (Å²) in [5.74, 6) is 2.86. The van der Waals surface area contributed by atoms with E-state index in [4.69, 9.17) is 22.8 Å². The van der Waals surface area contributed by atoms with Crippen molar-refractivity contribution in [2.45, 2.75) is 38.3 Å². The average molecular weight is 356 g/mol. The van der Waals surface area contributed by atoms with E-state index >= 15 is 0 Å². The normalized spacial score (nSPS) is 14.1. The molecule has 0 radical (unpaired) electrons. The van der Waals surface area contributed by atoms with Crippen LogP contribution in [0.4, 0.5) is 10.6 Å². The monoisotopic (exact) mass is 355 g/mol. The van der Waals surface area contributed by atoms with E-state index in [1.165, 1.54) is 6.20 Å². The lowest BCUT2D eigenvalue weighted by molar-refractivity contribution is 0.144. The maximum atomic E-state index is 12.8. The fourth-order valence-electron chi connectivity index (χ4n) is 3.00. The Hall–Kier alpha value is -2.58. The van der Waals surface area contributed by atoms with Crippen LogP contribution in [0.25, 0.3) is 0 Å². The summed E-state index contributed by atoms with van der Waals surface area (Å²) >= 11 is 5.93. The van der Waals surface area contributed by atoms with Crippen LogP contribution in [0.1, 0.15) is 36.8 Å². The zero-order valence-electron chi connectivity index (χ0n) is 13.7. The molecule has 1 aliphatic rings. The molecule has 0 aliphatic heterocycles. The second kappa shape index (κ2) is 8.00. The highest BCUT2D eigenvalue weighted by atomic mass is 35.5. The number of nitrogens with zero attached hydrogens (tertiary/aromatic N) is 3. The summed E-state index contributed by atoms with van der Waals surface area (Å²) in [5, 5.41) is 0.0489. The van der Waals surface area contributed by atoms with Crippen molar-refractivity contribution in [3.8, 4) is 12.3 Å². The van der Waals surface area contributed by atoms with E-state index in [0.29, 0.717) is 11.4 Å². The Morgan fingerprint density at radius 1 is 1.32 bits per heavy atom. The minimum atomic E-state index is -0.470. The number of terminal acetylenes is 1. The molecule has 5 nitrogen and oxygen atoms in total. The highest BCUT2D eigenvalue weighted by Crippen LogP contribution is 2.30. The van der Waals surface area contributed by atoms with Gasteiger partial charge >= 0.3 is 6.09 Å². The van der Waals surface area contributed by atoms with E-state index in [2.05, 4.69) is 15.9 Å². The van der Waals surface area contributed by atoms with Crippen LogP contribution < -0.4 is 4.90 Å². The van der Waals surface area contributed by atoms with Crippen molar-refractivity contribution >= 4 is 23.5 Å². The SMILES string of the molecule is C#Cc1cnc(Cl)nc1N(C(=O)OCc1ccccc1)C1CCCC1. The van der Waals surface area contributed by atoms with E-state index in [-0.39, 0.29) is 17.9 Å². The highest BCUT2D eigenvalue weighted by Gasteiger charge is 2.32. The largest absolute Gasteiger partial charge is 0.444 e. The predicted octanol–water partition coefficient (Wildman–Crippen LogP) is 4.20. The minimum absolute atomic E-state index is 0.00124. The van der Waals surface area contributed by atoms with Crippen LogP contribution >= 0.6 is 11.6 Å². The topological polar surface area (TPSA) is 55.3 Å². The molecule has 1 saturated carbocycles. The van der Waals surface area contributed by atoms with Crippen molar-refractivity contribution in [1.82, 2.24) is 9.97 Å². The predicted molar refractivity (Wildman–Crippen MR) is 96.3 cm³/mol. The number of anilines is 1. The van der Waals surface area contributed by atoms with Crippen LogP contribution in [-0.4, -0.2) is 22.1 Å². The molecule has 3 rings (SSSR count). The standard InChI is InChI=1S/C19H18ClN3O2/c1-2-15-12-21-18(20)22-17(15)23(16-10-6-7-11-16)19(24)25-13-14-8-4-3-5-9-14/h1,3-5,8-9,12,16H,6-7,10-11,13H2. The third-order valence-corrected chi connectivity index (χ3v) is 4.40. The number of ether oxygens (including phenoxy) is 1. The van der Waals surface area contributed by atoms with Crippen LogP contribution in [-0.2, 0) is 11.3 Å². The molecule has 128 valence electrons. The van der Waals surface area contributed by atoms with Crippen LogP contribution in [0.2, 0.25) is 5.28 Å².